The van der Waals surface area contributed by atoms with Crippen LogP contribution in [-0.4, -0.2) is 33.4 Å². The molecule has 2 aromatic heterocycles. The van der Waals surface area contributed by atoms with Gasteiger partial charge in [0.2, 0.25) is 0 Å². The first kappa shape index (κ1) is 12.3. The Morgan fingerprint density at radius 3 is 2.83 bits per heavy atom. The Labute approximate surface area is 106 Å². The minimum Gasteiger partial charge on any atom is -0.491 e. The molecule has 0 spiro atoms. The Hall–Kier alpha value is -2.11. The number of aromatic nitrogens is 4. The van der Waals surface area contributed by atoms with Crippen molar-refractivity contribution in [2.75, 3.05) is 19.0 Å². The Morgan fingerprint density at radius 1 is 1.33 bits per heavy atom. The van der Waals surface area contributed by atoms with Crippen LogP contribution in [0.4, 0.5) is 5.82 Å². The van der Waals surface area contributed by atoms with Gasteiger partial charge in [-0.2, -0.15) is 5.10 Å². The molecule has 6 nitrogen and oxygen atoms in total. The zero-order chi connectivity index (χ0) is 13.0. The standard InChI is InChI=1S/C12H17N5O/c1-4-13-12-11(18-3)10(14-8-15-12)9-6-7-16-17(9)5-2/h6-8H,4-5H2,1-3H3,(H,13,14,15). The molecular formula is C12H17N5O. The van der Waals surface area contributed by atoms with Crippen LogP contribution in [0.25, 0.3) is 11.4 Å². The molecule has 6 heteroatoms. The average molecular weight is 247 g/mol. The van der Waals surface area contributed by atoms with Crippen LogP contribution in [0.2, 0.25) is 0 Å². The molecule has 0 aliphatic heterocycles. The normalized spacial score (nSPS) is 10.4. The molecule has 96 valence electrons. The van der Waals surface area contributed by atoms with Crippen LogP contribution in [0.5, 0.6) is 5.75 Å². The molecule has 0 saturated heterocycles. The summed E-state index contributed by atoms with van der Waals surface area (Å²) in [5, 5.41) is 7.40. The maximum atomic E-state index is 5.42. The summed E-state index contributed by atoms with van der Waals surface area (Å²) >= 11 is 0. The molecule has 0 radical (unpaired) electrons. The summed E-state index contributed by atoms with van der Waals surface area (Å²) in [6.07, 6.45) is 3.29. The van der Waals surface area contributed by atoms with Gasteiger partial charge in [0.05, 0.1) is 12.8 Å². The van der Waals surface area contributed by atoms with E-state index < -0.39 is 0 Å². The second kappa shape index (κ2) is 5.48. The van der Waals surface area contributed by atoms with Crippen molar-refractivity contribution in [3.05, 3.63) is 18.6 Å². The molecule has 0 unspecified atom stereocenters. The lowest BCUT2D eigenvalue weighted by Crippen LogP contribution is -2.06. The predicted octanol–water partition coefficient (Wildman–Crippen LogP) is 1.80. The number of ether oxygens (including phenoxy) is 1. The number of methoxy groups -OCH3 is 1. The zero-order valence-corrected chi connectivity index (χ0v) is 10.8. The maximum Gasteiger partial charge on any atom is 0.189 e. The van der Waals surface area contributed by atoms with Crippen LogP contribution in [0.1, 0.15) is 13.8 Å². The largest absolute Gasteiger partial charge is 0.491 e. The molecule has 0 aliphatic carbocycles. The van der Waals surface area contributed by atoms with E-state index in [1.807, 2.05) is 24.6 Å². The Morgan fingerprint density at radius 2 is 2.17 bits per heavy atom. The molecule has 0 atom stereocenters. The van der Waals surface area contributed by atoms with Gasteiger partial charge < -0.3 is 10.1 Å². The van der Waals surface area contributed by atoms with Gasteiger partial charge in [-0.15, -0.1) is 0 Å². The fourth-order valence-electron chi connectivity index (χ4n) is 1.83. The van der Waals surface area contributed by atoms with E-state index in [-0.39, 0.29) is 0 Å². The second-order valence-corrected chi connectivity index (χ2v) is 3.67. The van der Waals surface area contributed by atoms with E-state index in [1.54, 1.807) is 13.3 Å². The van der Waals surface area contributed by atoms with Crippen molar-refractivity contribution in [1.29, 1.82) is 0 Å². The van der Waals surface area contributed by atoms with Gasteiger partial charge in [0, 0.05) is 19.3 Å². The van der Waals surface area contributed by atoms with E-state index in [1.165, 1.54) is 6.33 Å². The summed E-state index contributed by atoms with van der Waals surface area (Å²) in [7, 11) is 1.62. The molecule has 0 saturated carbocycles. The van der Waals surface area contributed by atoms with Crippen molar-refractivity contribution in [3.8, 4) is 17.1 Å². The van der Waals surface area contributed by atoms with Crippen molar-refractivity contribution in [3.63, 3.8) is 0 Å². The van der Waals surface area contributed by atoms with E-state index in [4.69, 9.17) is 4.74 Å². The van der Waals surface area contributed by atoms with Crippen LogP contribution in [0, 0.1) is 0 Å². The summed E-state index contributed by atoms with van der Waals surface area (Å²) in [4.78, 5) is 8.49. The molecule has 2 heterocycles. The quantitative estimate of drug-likeness (QED) is 0.872. The Kier molecular flexibility index (Phi) is 3.76. The second-order valence-electron chi connectivity index (χ2n) is 3.67. The van der Waals surface area contributed by atoms with Gasteiger partial charge in [-0.3, -0.25) is 4.68 Å². The van der Waals surface area contributed by atoms with Crippen molar-refractivity contribution in [2.45, 2.75) is 20.4 Å². The molecule has 1 N–H and O–H groups in total. The molecule has 0 amide bonds. The van der Waals surface area contributed by atoms with Crippen LogP contribution in [-0.2, 0) is 6.54 Å². The number of nitrogens with one attached hydrogen (secondary N) is 1. The molecule has 2 aromatic rings. The first-order valence-electron chi connectivity index (χ1n) is 5.96. The molecule has 0 aliphatic rings. The topological polar surface area (TPSA) is 64.9 Å². The highest BCUT2D eigenvalue weighted by Crippen LogP contribution is 2.32. The molecule has 0 aromatic carbocycles. The van der Waals surface area contributed by atoms with Crippen LogP contribution < -0.4 is 10.1 Å². The maximum absolute atomic E-state index is 5.42. The van der Waals surface area contributed by atoms with Crippen molar-refractivity contribution >= 4 is 5.82 Å². The third-order valence-corrected chi connectivity index (χ3v) is 2.61. The van der Waals surface area contributed by atoms with Gasteiger partial charge in [-0.05, 0) is 19.9 Å². The number of aryl methyl sites for hydroxylation is 1. The van der Waals surface area contributed by atoms with Gasteiger partial charge in [0.1, 0.15) is 12.0 Å². The molecule has 0 fully saturated rings. The van der Waals surface area contributed by atoms with E-state index >= 15 is 0 Å². The fourth-order valence-corrected chi connectivity index (χ4v) is 1.83. The highest BCUT2D eigenvalue weighted by molar-refractivity contribution is 5.70. The van der Waals surface area contributed by atoms with Crippen LogP contribution in [0.3, 0.4) is 0 Å². The van der Waals surface area contributed by atoms with E-state index in [2.05, 4.69) is 20.4 Å². The third kappa shape index (κ3) is 2.13. The lowest BCUT2D eigenvalue weighted by Gasteiger charge is -2.12. The number of hydrogen-bond acceptors (Lipinski definition) is 5. The first-order valence-corrected chi connectivity index (χ1v) is 5.96. The van der Waals surface area contributed by atoms with E-state index in [0.717, 1.165) is 24.5 Å². The first-order chi connectivity index (χ1) is 8.81. The summed E-state index contributed by atoms with van der Waals surface area (Å²) in [5.41, 5.74) is 1.68. The smallest absolute Gasteiger partial charge is 0.189 e. The molecular weight excluding hydrogens is 230 g/mol. The average Bonchev–Trinajstić information content (AvgIpc) is 2.87. The molecule has 0 bridgehead atoms. The highest BCUT2D eigenvalue weighted by Gasteiger charge is 2.16. The van der Waals surface area contributed by atoms with Crippen molar-refractivity contribution < 1.29 is 4.74 Å². The number of anilines is 1. The molecule has 2 rings (SSSR count). The minimum atomic E-state index is 0.648. The van der Waals surface area contributed by atoms with Crippen molar-refractivity contribution in [1.82, 2.24) is 19.7 Å². The summed E-state index contributed by atoms with van der Waals surface area (Å²) in [6, 6.07) is 1.92. The fraction of sp³-hybridized carbons (Fsp3) is 0.417. The highest BCUT2D eigenvalue weighted by atomic mass is 16.5. The van der Waals surface area contributed by atoms with E-state index in [9.17, 15) is 0 Å². The van der Waals surface area contributed by atoms with Gasteiger partial charge in [-0.25, -0.2) is 9.97 Å². The number of rotatable bonds is 5. The monoisotopic (exact) mass is 247 g/mol. The Balaban J connectivity index is 2.53. The SMILES string of the molecule is CCNc1ncnc(-c2ccnn2CC)c1OC. The van der Waals surface area contributed by atoms with Crippen LogP contribution >= 0.6 is 0 Å². The lowest BCUT2D eigenvalue weighted by atomic mass is 10.2. The summed E-state index contributed by atoms with van der Waals surface area (Å²) in [5.74, 6) is 1.35. The van der Waals surface area contributed by atoms with Gasteiger partial charge in [0.15, 0.2) is 11.6 Å². The van der Waals surface area contributed by atoms with Gasteiger partial charge in [-0.1, -0.05) is 0 Å². The number of nitrogens with zero attached hydrogens (tertiary/aromatic N) is 4. The zero-order valence-electron chi connectivity index (χ0n) is 10.8. The van der Waals surface area contributed by atoms with Gasteiger partial charge >= 0.3 is 0 Å². The predicted molar refractivity (Wildman–Crippen MR) is 69.6 cm³/mol. The minimum absolute atomic E-state index is 0.648. The summed E-state index contributed by atoms with van der Waals surface area (Å²) < 4.78 is 7.30. The van der Waals surface area contributed by atoms with Crippen LogP contribution in [0.15, 0.2) is 18.6 Å². The lowest BCUT2D eigenvalue weighted by molar-refractivity contribution is 0.414. The van der Waals surface area contributed by atoms with Gasteiger partial charge in [0.25, 0.3) is 0 Å². The summed E-state index contributed by atoms with van der Waals surface area (Å²) in [6.45, 7) is 5.61. The number of hydrogen-bond donors (Lipinski definition) is 1. The van der Waals surface area contributed by atoms with E-state index in [0.29, 0.717) is 11.6 Å². The van der Waals surface area contributed by atoms with Crippen molar-refractivity contribution in [2.24, 2.45) is 0 Å². The molecule has 18 heavy (non-hydrogen) atoms. The Bertz CT molecular complexity index is 523. The third-order valence-electron chi connectivity index (χ3n) is 2.61.